The van der Waals surface area contributed by atoms with Gasteiger partial charge in [-0.25, -0.2) is 5.01 Å². The predicted molar refractivity (Wildman–Crippen MR) is 89.7 cm³/mol. The molecule has 1 saturated heterocycles. The number of nitrogens with zero attached hydrogens (tertiary/aromatic N) is 3. The maximum absolute atomic E-state index is 13.0. The van der Waals surface area contributed by atoms with Crippen LogP contribution in [0.3, 0.4) is 0 Å². The second-order valence-electron chi connectivity index (χ2n) is 6.49. The Labute approximate surface area is 141 Å². The van der Waals surface area contributed by atoms with Crippen molar-refractivity contribution in [1.82, 2.24) is 4.90 Å². The molecule has 126 valence electrons. The van der Waals surface area contributed by atoms with Crippen LogP contribution in [0.1, 0.15) is 32.1 Å². The summed E-state index contributed by atoms with van der Waals surface area (Å²) >= 11 is 0. The lowest BCUT2D eigenvalue weighted by molar-refractivity contribution is -0.136. The molecule has 2 amide bonds. The highest BCUT2D eigenvalue weighted by Crippen LogP contribution is 2.30. The molecule has 4 rings (SSSR count). The van der Waals surface area contributed by atoms with Crippen LogP contribution in [0.15, 0.2) is 35.4 Å². The van der Waals surface area contributed by atoms with E-state index in [1.165, 1.54) is 5.01 Å². The third-order valence-electron chi connectivity index (χ3n) is 5.02. The van der Waals surface area contributed by atoms with Gasteiger partial charge in [-0.15, -0.1) is 0 Å². The molecule has 2 heterocycles. The molecule has 1 aliphatic carbocycles. The SMILES string of the molecule is O=C1CCC(C(=O)N2CCOC3CCCC32)=NN1c1ccccc1. The Morgan fingerprint density at radius 1 is 1.17 bits per heavy atom. The summed E-state index contributed by atoms with van der Waals surface area (Å²) in [6.45, 7) is 1.19. The second-order valence-corrected chi connectivity index (χ2v) is 6.49. The smallest absolute Gasteiger partial charge is 0.270 e. The zero-order valence-corrected chi connectivity index (χ0v) is 13.6. The highest BCUT2D eigenvalue weighted by atomic mass is 16.5. The van der Waals surface area contributed by atoms with E-state index in [4.69, 9.17) is 4.74 Å². The van der Waals surface area contributed by atoms with Crippen molar-refractivity contribution in [3.63, 3.8) is 0 Å². The van der Waals surface area contributed by atoms with Crippen molar-refractivity contribution >= 4 is 23.2 Å². The second kappa shape index (κ2) is 6.36. The zero-order valence-electron chi connectivity index (χ0n) is 13.6. The van der Waals surface area contributed by atoms with E-state index in [9.17, 15) is 9.59 Å². The Morgan fingerprint density at radius 3 is 2.83 bits per heavy atom. The molecule has 6 heteroatoms. The lowest BCUT2D eigenvalue weighted by Gasteiger charge is -2.38. The number of morpholine rings is 1. The first-order chi connectivity index (χ1) is 11.7. The van der Waals surface area contributed by atoms with Crippen LogP contribution in [-0.4, -0.2) is 47.7 Å². The van der Waals surface area contributed by atoms with Gasteiger partial charge in [0.05, 0.1) is 24.4 Å². The van der Waals surface area contributed by atoms with Crippen LogP contribution in [-0.2, 0) is 14.3 Å². The standard InChI is InChI=1S/C18H21N3O3/c22-17-10-9-14(19-21(17)13-5-2-1-3-6-13)18(23)20-11-12-24-16-8-4-7-15(16)20/h1-3,5-6,15-16H,4,7-12H2. The molecule has 6 nitrogen and oxygen atoms in total. The number of hydrogen-bond donors (Lipinski definition) is 0. The molecule has 2 atom stereocenters. The Kier molecular flexibility index (Phi) is 4.06. The molecule has 3 aliphatic rings. The number of hydrazone groups is 1. The van der Waals surface area contributed by atoms with Crippen molar-refractivity contribution in [2.75, 3.05) is 18.2 Å². The molecule has 0 aromatic heterocycles. The van der Waals surface area contributed by atoms with Crippen LogP contribution in [0.25, 0.3) is 0 Å². The van der Waals surface area contributed by atoms with Gasteiger partial charge >= 0.3 is 0 Å². The van der Waals surface area contributed by atoms with Crippen molar-refractivity contribution in [2.24, 2.45) is 5.10 Å². The number of ether oxygens (including phenoxy) is 1. The topological polar surface area (TPSA) is 62.2 Å². The van der Waals surface area contributed by atoms with Crippen LogP contribution in [0.5, 0.6) is 0 Å². The molecule has 2 fully saturated rings. The van der Waals surface area contributed by atoms with Gasteiger partial charge in [-0.05, 0) is 31.4 Å². The fourth-order valence-corrected chi connectivity index (χ4v) is 3.82. The Morgan fingerprint density at radius 2 is 2.00 bits per heavy atom. The summed E-state index contributed by atoms with van der Waals surface area (Å²) in [6.07, 6.45) is 4.01. The number of para-hydroxylation sites is 1. The van der Waals surface area contributed by atoms with E-state index in [0.717, 1.165) is 19.3 Å². The third kappa shape index (κ3) is 2.71. The van der Waals surface area contributed by atoms with Gasteiger partial charge in [0, 0.05) is 19.4 Å². The normalized spacial score (nSPS) is 27.0. The van der Waals surface area contributed by atoms with E-state index < -0.39 is 0 Å². The quantitative estimate of drug-likeness (QED) is 0.834. The highest BCUT2D eigenvalue weighted by molar-refractivity contribution is 6.40. The van der Waals surface area contributed by atoms with Gasteiger partial charge in [-0.1, -0.05) is 18.2 Å². The van der Waals surface area contributed by atoms with Gasteiger partial charge in [0.1, 0.15) is 5.71 Å². The van der Waals surface area contributed by atoms with Crippen LogP contribution >= 0.6 is 0 Å². The van der Waals surface area contributed by atoms with E-state index in [1.807, 2.05) is 35.2 Å². The van der Waals surface area contributed by atoms with E-state index in [0.29, 0.717) is 37.4 Å². The van der Waals surface area contributed by atoms with Crippen LogP contribution in [0, 0.1) is 0 Å². The maximum Gasteiger partial charge on any atom is 0.270 e. The lowest BCUT2D eigenvalue weighted by Crippen LogP contribution is -2.54. The van der Waals surface area contributed by atoms with E-state index in [1.54, 1.807) is 0 Å². The van der Waals surface area contributed by atoms with E-state index >= 15 is 0 Å². The predicted octanol–water partition coefficient (Wildman–Crippen LogP) is 1.95. The summed E-state index contributed by atoms with van der Waals surface area (Å²) in [7, 11) is 0. The van der Waals surface area contributed by atoms with Crippen molar-refractivity contribution < 1.29 is 14.3 Å². The van der Waals surface area contributed by atoms with Crippen molar-refractivity contribution in [1.29, 1.82) is 0 Å². The minimum absolute atomic E-state index is 0.0383. The number of fused-ring (bicyclic) bond motifs is 1. The van der Waals surface area contributed by atoms with Gasteiger partial charge < -0.3 is 9.64 Å². The van der Waals surface area contributed by atoms with Crippen LogP contribution in [0.2, 0.25) is 0 Å². The monoisotopic (exact) mass is 327 g/mol. The van der Waals surface area contributed by atoms with Crippen LogP contribution < -0.4 is 5.01 Å². The number of carbonyl (C=O) groups excluding carboxylic acids is 2. The highest BCUT2D eigenvalue weighted by Gasteiger charge is 2.40. The number of anilines is 1. The molecule has 2 aliphatic heterocycles. The largest absolute Gasteiger partial charge is 0.374 e. The minimum atomic E-state index is -0.0709. The molecule has 2 unspecified atom stereocenters. The number of amides is 2. The third-order valence-corrected chi connectivity index (χ3v) is 5.02. The first-order valence-corrected chi connectivity index (χ1v) is 8.62. The summed E-state index contributed by atoms with van der Waals surface area (Å²) in [5, 5.41) is 5.76. The van der Waals surface area contributed by atoms with Gasteiger partial charge in [-0.3, -0.25) is 9.59 Å². The first kappa shape index (κ1) is 15.3. The lowest BCUT2D eigenvalue weighted by atomic mass is 10.1. The van der Waals surface area contributed by atoms with Crippen molar-refractivity contribution in [3.05, 3.63) is 30.3 Å². The number of carbonyl (C=O) groups is 2. The molecular weight excluding hydrogens is 306 g/mol. The van der Waals surface area contributed by atoms with Gasteiger partial charge in [0.15, 0.2) is 0 Å². The molecule has 0 bridgehead atoms. The average Bonchev–Trinajstić information content (AvgIpc) is 3.11. The summed E-state index contributed by atoms with van der Waals surface area (Å²) in [6, 6.07) is 9.43. The summed E-state index contributed by atoms with van der Waals surface area (Å²) in [5.41, 5.74) is 1.18. The van der Waals surface area contributed by atoms with Crippen LogP contribution in [0.4, 0.5) is 5.69 Å². The van der Waals surface area contributed by atoms with E-state index in [2.05, 4.69) is 5.10 Å². The minimum Gasteiger partial charge on any atom is -0.374 e. The summed E-state index contributed by atoms with van der Waals surface area (Å²) in [5.74, 6) is -0.109. The van der Waals surface area contributed by atoms with Gasteiger partial charge in [0.25, 0.3) is 5.91 Å². The molecule has 1 aromatic rings. The first-order valence-electron chi connectivity index (χ1n) is 8.62. The molecule has 0 N–H and O–H groups in total. The summed E-state index contributed by atoms with van der Waals surface area (Å²) in [4.78, 5) is 27.1. The fourth-order valence-electron chi connectivity index (χ4n) is 3.82. The Bertz CT molecular complexity index is 673. The number of hydrogen-bond acceptors (Lipinski definition) is 4. The number of rotatable bonds is 2. The maximum atomic E-state index is 13.0. The molecular formula is C18H21N3O3. The Balaban J connectivity index is 1.58. The zero-order chi connectivity index (χ0) is 16.5. The average molecular weight is 327 g/mol. The molecule has 1 saturated carbocycles. The molecule has 0 spiro atoms. The van der Waals surface area contributed by atoms with Crippen molar-refractivity contribution in [2.45, 2.75) is 44.2 Å². The van der Waals surface area contributed by atoms with Gasteiger partial charge in [-0.2, -0.15) is 5.10 Å². The molecule has 0 radical (unpaired) electrons. The molecule has 1 aromatic carbocycles. The van der Waals surface area contributed by atoms with Gasteiger partial charge in [0.2, 0.25) is 5.91 Å². The van der Waals surface area contributed by atoms with E-state index in [-0.39, 0.29) is 24.0 Å². The Hall–Kier alpha value is -2.21. The number of benzene rings is 1. The van der Waals surface area contributed by atoms with Crippen molar-refractivity contribution in [3.8, 4) is 0 Å². The fraction of sp³-hybridized carbons (Fsp3) is 0.500. The summed E-state index contributed by atoms with van der Waals surface area (Å²) < 4.78 is 5.78. The molecule has 24 heavy (non-hydrogen) atoms.